The Bertz CT molecular complexity index is 642. The molecule has 3 rings (SSSR count). The van der Waals surface area contributed by atoms with Gasteiger partial charge >= 0.3 is 0 Å². The maximum absolute atomic E-state index is 12.9. The molecule has 0 atom stereocenters. The fourth-order valence-electron chi connectivity index (χ4n) is 3.56. The molecule has 2 aromatic rings. The first kappa shape index (κ1) is 17.7. The quantitative estimate of drug-likeness (QED) is 0.738. The Morgan fingerprint density at radius 1 is 1.16 bits per heavy atom. The molecule has 0 bridgehead atoms. The van der Waals surface area contributed by atoms with Crippen LogP contribution in [0, 0.1) is 0 Å². The number of hydrogen-bond donors (Lipinski definition) is 0. The van der Waals surface area contributed by atoms with Gasteiger partial charge in [0.15, 0.2) is 0 Å². The molecule has 1 saturated carbocycles. The zero-order valence-electron chi connectivity index (χ0n) is 14.9. The van der Waals surface area contributed by atoms with Gasteiger partial charge in [0.2, 0.25) is 0 Å². The fraction of sp³-hybridized carbons (Fsp3) is 0.476. The molecule has 4 nitrogen and oxygen atoms in total. The van der Waals surface area contributed by atoms with Crippen molar-refractivity contribution in [1.29, 1.82) is 0 Å². The van der Waals surface area contributed by atoms with Crippen LogP contribution in [0.1, 0.15) is 59.7 Å². The van der Waals surface area contributed by atoms with E-state index in [-0.39, 0.29) is 5.91 Å². The molecule has 1 fully saturated rings. The predicted octanol–water partition coefficient (Wildman–Crippen LogP) is 4.62. The molecule has 134 valence electrons. The van der Waals surface area contributed by atoms with E-state index in [1.54, 1.807) is 18.3 Å². The number of nitrogens with zero attached hydrogens (tertiary/aromatic N) is 1. The number of furan rings is 1. The zero-order chi connectivity index (χ0) is 17.5. The lowest BCUT2D eigenvalue weighted by molar-refractivity contribution is 0.0666. The third-order valence-electron chi connectivity index (χ3n) is 5.01. The first-order valence-electron chi connectivity index (χ1n) is 9.18. The highest BCUT2D eigenvalue weighted by Gasteiger charge is 2.19. The molecular weight excluding hydrogens is 314 g/mol. The van der Waals surface area contributed by atoms with Gasteiger partial charge in [0.25, 0.3) is 5.91 Å². The zero-order valence-corrected chi connectivity index (χ0v) is 14.9. The van der Waals surface area contributed by atoms with Crippen LogP contribution in [0.15, 0.2) is 47.1 Å². The van der Waals surface area contributed by atoms with Crippen molar-refractivity contribution in [3.8, 4) is 0 Å². The molecule has 0 unspecified atom stereocenters. The van der Waals surface area contributed by atoms with E-state index in [9.17, 15) is 4.79 Å². The van der Waals surface area contributed by atoms with Crippen LogP contribution < -0.4 is 0 Å². The topological polar surface area (TPSA) is 42.7 Å². The van der Waals surface area contributed by atoms with E-state index in [0.717, 1.165) is 11.3 Å². The smallest absolute Gasteiger partial charge is 0.254 e. The normalized spacial score (nSPS) is 15.2. The number of amides is 1. The summed E-state index contributed by atoms with van der Waals surface area (Å²) < 4.78 is 10.5. The molecule has 1 amide bonds. The Morgan fingerprint density at radius 3 is 2.56 bits per heavy atom. The van der Waals surface area contributed by atoms with Gasteiger partial charge in [-0.1, -0.05) is 31.4 Å². The highest BCUT2D eigenvalue weighted by atomic mass is 16.5. The lowest BCUT2D eigenvalue weighted by atomic mass is 9.84. The Balaban J connectivity index is 1.69. The Labute approximate surface area is 149 Å². The lowest BCUT2D eigenvalue weighted by Gasteiger charge is -2.23. The van der Waals surface area contributed by atoms with E-state index >= 15 is 0 Å². The first-order valence-corrected chi connectivity index (χ1v) is 9.18. The number of rotatable bonds is 7. The molecule has 0 spiro atoms. The number of methoxy groups -OCH3 is 1. The molecular formula is C21H27NO3. The van der Waals surface area contributed by atoms with Gasteiger partial charge in [-0.25, -0.2) is 0 Å². The van der Waals surface area contributed by atoms with Crippen LogP contribution in [-0.2, 0) is 11.3 Å². The van der Waals surface area contributed by atoms with Crippen LogP contribution in [0.4, 0.5) is 0 Å². The van der Waals surface area contributed by atoms with Crippen molar-refractivity contribution < 1.29 is 13.9 Å². The summed E-state index contributed by atoms with van der Waals surface area (Å²) in [6, 6.07) is 11.9. The Kier molecular flexibility index (Phi) is 6.29. The van der Waals surface area contributed by atoms with Gasteiger partial charge in [-0.05, 0) is 48.6 Å². The van der Waals surface area contributed by atoms with Crippen LogP contribution in [-0.4, -0.2) is 31.1 Å². The molecule has 1 aliphatic rings. The molecule has 1 aromatic carbocycles. The summed E-state index contributed by atoms with van der Waals surface area (Å²) in [7, 11) is 1.65. The molecule has 0 aliphatic heterocycles. The third-order valence-corrected chi connectivity index (χ3v) is 5.01. The minimum atomic E-state index is 0.0173. The third kappa shape index (κ3) is 4.73. The van der Waals surface area contributed by atoms with Crippen molar-refractivity contribution in [1.82, 2.24) is 4.90 Å². The van der Waals surface area contributed by atoms with Crippen molar-refractivity contribution in [3.05, 3.63) is 59.5 Å². The number of benzene rings is 1. The van der Waals surface area contributed by atoms with E-state index in [1.165, 1.54) is 37.7 Å². The van der Waals surface area contributed by atoms with E-state index in [2.05, 4.69) is 12.1 Å². The van der Waals surface area contributed by atoms with Gasteiger partial charge in [-0.15, -0.1) is 0 Å². The molecule has 0 saturated heterocycles. The van der Waals surface area contributed by atoms with Crippen molar-refractivity contribution in [2.75, 3.05) is 20.3 Å². The van der Waals surface area contributed by atoms with Crippen LogP contribution in [0.2, 0.25) is 0 Å². The minimum absolute atomic E-state index is 0.0173. The Morgan fingerprint density at radius 2 is 1.92 bits per heavy atom. The van der Waals surface area contributed by atoms with Crippen LogP contribution >= 0.6 is 0 Å². The number of carbonyl (C=O) groups excluding carboxylic acids is 1. The average molecular weight is 341 g/mol. The maximum Gasteiger partial charge on any atom is 0.254 e. The molecule has 0 radical (unpaired) electrons. The van der Waals surface area contributed by atoms with E-state index < -0.39 is 0 Å². The van der Waals surface area contributed by atoms with Crippen LogP contribution in [0.3, 0.4) is 0 Å². The largest absolute Gasteiger partial charge is 0.467 e. The highest BCUT2D eigenvalue weighted by molar-refractivity contribution is 5.94. The average Bonchev–Trinajstić information content (AvgIpc) is 3.18. The molecule has 1 aromatic heterocycles. The second-order valence-electron chi connectivity index (χ2n) is 6.76. The van der Waals surface area contributed by atoms with Crippen molar-refractivity contribution in [3.63, 3.8) is 0 Å². The van der Waals surface area contributed by atoms with Gasteiger partial charge in [0, 0.05) is 19.2 Å². The van der Waals surface area contributed by atoms with Gasteiger partial charge in [-0.2, -0.15) is 0 Å². The summed E-state index contributed by atoms with van der Waals surface area (Å²) in [5, 5.41) is 0. The molecule has 1 heterocycles. The van der Waals surface area contributed by atoms with Gasteiger partial charge in [0.05, 0.1) is 19.4 Å². The van der Waals surface area contributed by atoms with Gasteiger partial charge in [-0.3, -0.25) is 4.79 Å². The SMILES string of the molecule is COCCN(Cc1ccco1)C(=O)c1ccc(C2CCCCC2)cc1. The van der Waals surface area contributed by atoms with Gasteiger partial charge in [0.1, 0.15) is 5.76 Å². The number of carbonyl (C=O) groups is 1. The monoisotopic (exact) mass is 341 g/mol. The van der Waals surface area contributed by atoms with E-state index in [4.69, 9.17) is 9.15 Å². The lowest BCUT2D eigenvalue weighted by Crippen LogP contribution is -2.33. The van der Waals surface area contributed by atoms with Crippen molar-refractivity contribution >= 4 is 5.91 Å². The number of hydrogen-bond acceptors (Lipinski definition) is 3. The molecule has 25 heavy (non-hydrogen) atoms. The number of ether oxygens (including phenoxy) is 1. The van der Waals surface area contributed by atoms with E-state index in [1.807, 2.05) is 24.3 Å². The summed E-state index contributed by atoms with van der Waals surface area (Å²) in [6.45, 7) is 1.51. The predicted molar refractivity (Wildman–Crippen MR) is 97.6 cm³/mol. The Hall–Kier alpha value is -2.07. The standard InChI is InChI=1S/C21H27NO3/c1-24-15-13-22(16-20-8-5-14-25-20)21(23)19-11-9-18(10-12-19)17-6-3-2-4-7-17/h5,8-12,14,17H,2-4,6-7,13,15-16H2,1H3. The summed E-state index contributed by atoms with van der Waals surface area (Å²) in [4.78, 5) is 14.7. The fourth-order valence-corrected chi connectivity index (χ4v) is 3.56. The van der Waals surface area contributed by atoms with Crippen LogP contribution in [0.5, 0.6) is 0 Å². The van der Waals surface area contributed by atoms with Crippen LogP contribution in [0.25, 0.3) is 0 Å². The first-order chi connectivity index (χ1) is 12.3. The molecule has 0 N–H and O–H groups in total. The second kappa shape index (κ2) is 8.86. The molecule has 4 heteroatoms. The maximum atomic E-state index is 12.9. The highest BCUT2D eigenvalue weighted by Crippen LogP contribution is 2.32. The summed E-state index contributed by atoms with van der Waals surface area (Å²) in [6.07, 6.45) is 8.16. The van der Waals surface area contributed by atoms with E-state index in [0.29, 0.717) is 25.6 Å². The van der Waals surface area contributed by atoms with Crippen molar-refractivity contribution in [2.45, 2.75) is 44.6 Å². The molecule has 1 aliphatic carbocycles. The summed E-state index contributed by atoms with van der Waals surface area (Å²) in [5.74, 6) is 1.46. The summed E-state index contributed by atoms with van der Waals surface area (Å²) in [5.41, 5.74) is 2.09. The van der Waals surface area contributed by atoms with Gasteiger partial charge < -0.3 is 14.1 Å². The second-order valence-corrected chi connectivity index (χ2v) is 6.76. The summed E-state index contributed by atoms with van der Waals surface area (Å²) >= 11 is 0. The van der Waals surface area contributed by atoms with Crippen molar-refractivity contribution in [2.24, 2.45) is 0 Å². The minimum Gasteiger partial charge on any atom is -0.467 e.